The number of amidine groups is 1. The maximum absolute atomic E-state index is 8.40. The van der Waals surface area contributed by atoms with Crippen LogP contribution in [-0.4, -0.2) is 35.6 Å². The van der Waals surface area contributed by atoms with Crippen molar-refractivity contribution in [3.63, 3.8) is 0 Å². The molecule has 1 heterocycles. The maximum atomic E-state index is 8.40. The van der Waals surface area contributed by atoms with Gasteiger partial charge in [0.15, 0.2) is 0 Å². The van der Waals surface area contributed by atoms with E-state index in [9.17, 15) is 0 Å². The topological polar surface area (TPSA) is 61.8 Å². The van der Waals surface area contributed by atoms with Crippen LogP contribution in [0, 0.1) is 0 Å². The first-order chi connectivity index (χ1) is 7.33. The van der Waals surface area contributed by atoms with Gasteiger partial charge in [0.05, 0.1) is 0 Å². The van der Waals surface area contributed by atoms with Crippen molar-refractivity contribution in [2.45, 2.75) is 44.9 Å². The van der Waals surface area contributed by atoms with Gasteiger partial charge in [-0.05, 0) is 38.9 Å². The molecule has 0 spiro atoms. The van der Waals surface area contributed by atoms with Gasteiger partial charge in [-0.2, -0.15) is 0 Å². The number of hydrogen-bond donors (Lipinski definition) is 2. The van der Waals surface area contributed by atoms with Crippen LogP contribution in [0.3, 0.4) is 0 Å². The van der Waals surface area contributed by atoms with Crippen molar-refractivity contribution in [3.05, 3.63) is 0 Å². The predicted molar refractivity (Wildman–Crippen MR) is 62.2 cm³/mol. The fourth-order valence-corrected chi connectivity index (χ4v) is 2.07. The lowest BCUT2D eigenvalue weighted by atomic mass is 10.1. The van der Waals surface area contributed by atoms with Crippen molar-refractivity contribution in [2.24, 2.45) is 10.9 Å². The number of oxime groups is 1. The van der Waals surface area contributed by atoms with Crippen LogP contribution < -0.4 is 5.73 Å². The van der Waals surface area contributed by atoms with Crippen molar-refractivity contribution in [2.75, 3.05) is 19.6 Å². The third-order valence-electron chi connectivity index (χ3n) is 2.98. The second-order valence-corrected chi connectivity index (χ2v) is 4.30. The first-order valence-electron chi connectivity index (χ1n) is 6.01. The van der Waals surface area contributed by atoms with Crippen LogP contribution in [0.15, 0.2) is 5.16 Å². The highest BCUT2D eigenvalue weighted by Gasteiger charge is 2.07. The van der Waals surface area contributed by atoms with Crippen LogP contribution >= 0.6 is 0 Å². The summed E-state index contributed by atoms with van der Waals surface area (Å²) in [5, 5.41) is 11.4. The second kappa shape index (κ2) is 7.51. The normalized spacial score (nSPS) is 20.9. The molecule has 0 amide bonds. The van der Waals surface area contributed by atoms with Gasteiger partial charge < -0.3 is 15.8 Å². The van der Waals surface area contributed by atoms with E-state index in [0.717, 1.165) is 13.0 Å². The van der Waals surface area contributed by atoms with Gasteiger partial charge in [0.2, 0.25) is 0 Å². The Bertz CT molecular complexity index is 186. The Morgan fingerprint density at radius 3 is 2.33 bits per heavy atom. The standard InChI is InChI=1S/C11H23N3O/c12-11(13-15)7-6-10-14-8-4-2-1-3-5-9-14/h15H,1-10H2,(H2,12,13). The zero-order valence-corrected chi connectivity index (χ0v) is 9.49. The quantitative estimate of drug-likeness (QED) is 0.324. The number of rotatable bonds is 4. The average molecular weight is 213 g/mol. The van der Waals surface area contributed by atoms with E-state index in [2.05, 4.69) is 10.1 Å². The summed E-state index contributed by atoms with van der Waals surface area (Å²) in [4.78, 5) is 2.50. The van der Waals surface area contributed by atoms with E-state index in [1.807, 2.05) is 0 Å². The Labute approximate surface area is 92.1 Å². The van der Waals surface area contributed by atoms with Gasteiger partial charge in [-0.1, -0.05) is 24.4 Å². The van der Waals surface area contributed by atoms with Crippen LogP contribution in [-0.2, 0) is 0 Å². The van der Waals surface area contributed by atoms with E-state index in [1.54, 1.807) is 0 Å². The molecule has 0 aromatic carbocycles. The van der Waals surface area contributed by atoms with E-state index in [4.69, 9.17) is 10.9 Å². The second-order valence-electron chi connectivity index (χ2n) is 4.30. The molecular formula is C11H23N3O. The molecule has 1 rings (SSSR count). The van der Waals surface area contributed by atoms with Crippen molar-refractivity contribution in [1.82, 2.24) is 4.90 Å². The minimum Gasteiger partial charge on any atom is -0.409 e. The van der Waals surface area contributed by atoms with Gasteiger partial charge in [0, 0.05) is 6.42 Å². The molecule has 0 unspecified atom stereocenters. The molecule has 15 heavy (non-hydrogen) atoms. The zero-order valence-electron chi connectivity index (χ0n) is 9.49. The molecule has 0 atom stereocenters. The summed E-state index contributed by atoms with van der Waals surface area (Å²) in [6.45, 7) is 3.52. The largest absolute Gasteiger partial charge is 0.409 e. The number of nitrogens with two attached hydrogens (primary N) is 1. The highest BCUT2D eigenvalue weighted by molar-refractivity contribution is 5.79. The van der Waals surface area contributed by atoms with Crippen LogP contribution in [0.4, 0.5) is 0 Å². The molecule has 0 aromatic heterocycles. The van der Waals surface area contributed by atoms with Crippen LogP contribution in [0.2, 0.25) is 0 Å². The molecule has 88 valence electrons. The number of likely N-dealkylation sites (tertiary alicyclic amines) is 1. The van der Waals surface area contributed by atoms with Gasteiger partial charge >= 0.3 is 0 Å². The van der Waals surface area contributed by atoms with Crippen LogP contribution in [0.1, 0.15) is 44.9 Å². The average Bonchev–Trinajstić information content (AvgIpc) is 2.20. The zero-order chi connectivity index (χ0) is 10.9. The van der Waals surface area contributed by atoms with Gasteiger partial charge in [0.1, 0.15) is 5.84 Å². The number of hydrogen-bond acceptors (Lipinski definition) is 3. The molecule has 4 nitrogen and oxygen atoms in total. The lowest BCUT2D eigenvalue weighted by Crippen LogP contribution is -2.29. The molecule has 3 N–H and O–H groups in total. The maximum Gasteiger partial charge on any atom is 0.139 e. The Morgan fingerprint density at radius 2 is 1.73 bits per heavy atom. The van der Waals surface area contributed by atoms with Gasteiger partial charge in [-0.3, -0.25) is 0 Å². The Morgan fingerprint density at radius 1 is 1.13 bits per heavy atom. The Kier molecular flexibility index (Phi) is 6.16. The first kappa shape index (κ1) is 12.3. The fourth-order valence-electron chi connectivity index (χ4n) is 2.07. The lowest BCUT2D eigenvalue weighted by Gasteiger charge is -2.24. The third-order valence-corrected chi connectivity index (χ3v) is 2.98. The van der Waals surface area contributed by atoms with Crippen molar-refractivity contribution in [1.29, 1.82) is 0 Å². The molecule has 1 fully saturated rings. The lowest BCUT2D eigenvalue weighted by molar-refractivity contribution is 0.245. The smallest absolute Gasteiger partial charge is 0.139 e. The summed E-state index contributed by atoms with van der Waals surface area (Å²) in [6.07, 6.45) is 8.49. The van der Waals surface area contributed by atoms with Crippen LogP contribution in [0.25, 0.3) is 0 Å². The summed E-state index contributed by atoms with van der Waals surface area (Å²) < 4.78 is 0. The Hall–Kier alpha value is -0.770. The van der Waals surface area contributed by atoms with Crippen molar-refractivity contribution >= 4 is 5.84 Å². The molecule has 0 aliphatic carbocycles. The molecule has 1 saturated heterocycles. The molecule has 4 heteroatoms. The fraction of sp³-hybridized carbons (Fsp3) is 0.909. The highest BCUT2D eigenvalue weighted by Crippen LogP contribution is 2.10. The van der Waals surface area contributed by atoms with Crippen molar-refractivity contribution < 1.29 is 5.21 Å². The van der Waals surface area contributed by atoms with E-state index in [-0.39, 0.29) is 0 Å². The van der Waals surface area contributed by atoms with E-state index >= 15 is 0 Å². The van der Waals surface area contributed by atoms with Gasteiger partial charge in [-0.25, -0.2) is 0 Å². The summed E-state index contributed by atoms with van der Waals surface area (Å²) in [5.74, 6) is 0.349. The SMILES string of the molecule is N/C(CCCN1CCCCCCC1)=N\O. The predicted octanol–water partition coefficient (Wildman–Crippen LogP) is 1.78. The minimum atomic E-state index is 0.349. The number of nitrogens with zero attached hydrogens (tertiary/aromatic N) is 2. The van der Waals surface area contributed by atoms with E-state index in [0.29, 0.717) is 12.3 Å². The van der Waals surface area contributed by atoms with Crippen LogP contribution in [0.5, 0.6) is 0 Å². The highest BCUT2D eigenvalue weighted by atomic mass is 16.4. The first-order valence-corrected chi connectivity index (χ1v) is 6.01. The molecule has 0 aromatic rings. The molecular weight excluding hydrogens is 190 g/mol. The molecule has 1 aliphatic heterocycles. The summed E-state index contributed by atoms with van der Waals surface area (Å²) >= 11 is 0. The third kappa shape index (κ3) is 5.62. The van der Waals surface area contributed by atoms with Crippen molar-refractivity contribution in [3.8, 4) is 0 Å². The van der Waals surface area contributed by atoms with Gasteiger partial charge in [-0.15, -0.1) is 0 Å². The van der Waals surface area contributed by atoms with Gasteiger partial charge in [0.25, 0.3) is 0 Å². The summed E-state index contributed by atoms with van der Waals surface area (Å²) in [7, 11) is 0. The molecule has 0 radical (unpaired) electrons. The summed E-state index contributed by atoms with van der Waals surface area (Å²) in [5.41, 5.74) is 5.43. The minimum absolute atomic E-state index is 0.349. The summed E-state index contributed by atoms with van der Waals surface area (Å²) in [6, 6.07) is 0. The monoisotopic (exact) mass is 213 g/mol. The molecule has 0 saturated carbocycles. The molecule has 1 aliphatic rings. The van der Waals surface area contributed by atoms with E-state index in [1.165, 1.54) is 45.2 Å². The Balaban J connectivity index is 2.12. The molecule has 0 bridgehead atoms. The van der Waals surface area contributed by atoms with E-state index < -0.39 is 0 Å².